The molecule has 31 heavy (non-hydrogen) atoms. The Morgan fingerprint density at radius 3 is 2.45 bits per heavy atom. The Balaban J connectivity index is 2.12. The Kier molecular flexibility index (Phi) is 6.45. The molecule has 0 bridgehead atoms. The molecule has 0 aliphatic carbocycles. The number of hydrogen-bond acceptors (Lipinski definition) is 6. The number of benzene rings is 2. The minimum atomic E-state index is -0.871. The van der Waals surface area contributed by atoms with Gasteiger partial charge in [0.05, 0.1) is 18.7 Å². The van der Waals surface area contributed by atoms with Gasteiger partial charge in [-0.1, -0.05) is 24.8 Å². The Morgan fingerprint density at radius 2 is 1.84 bits per heavy atom. The highest BCUT2D eigenvalue weighted by atomic mass is 16.5. The van der Waals surface area contributed by atoms with E-state index in [2.05, 4.69) is 13.2 Å². The highest BCUT2D eigenvalue weighted by molar-refractivity contribution is 6.46. The van der Waals surface area contributed by atoms with Crippen molar-refractivity contribution in [1.82, 2.24) is 4.90 Å². The van der Waals surface area contributed by atoms with E-state index in [4.69, 9.17) is 9.47 Å². The van der Waals surface area contributed by atoms with E-state index < -0.39 is 17.7 Å². The zero-order valence-electron chi connectivity index (χ0n) is 17.1. The van der Waals surface area contributed by atoms with Crippen molar-refractivity contribution in [2.75, 3.05) is 20.3 Å². The summed E-state index contributed by atoms with van der Waals surface area (Å²) in [5.41, 5.74) is 0.806. The Hall–Kier alpha value is -4.00. The number of carbonyl (C=O) groups excluding carboxylic acids is 2. The number of aliphatic hydroxyl groups excluding tert-OH is 1. The molecule has 1 aliphatic heterocycles. The van der Waals surface area contributed by atoms with Crippen LogP contribution in [-0.4, -0.2) is 47.1 Å². The minimum Gasteiger partial charge on any atom is -0.507 e. The molecule has 1 aliphatic rings. The molecule has 0 aromatic heterocycles. The number of methoxy groups -OCH3 is 1. The first kappa shape index (κ1) is 21.7. The molecule has 1 amide bonds. The number of carbonyl (C=O) groups is 2. The third-order valence-corrected chi connectivity index (χ3v) is 4.88. The summed E-state index contributed by atoms with van der Waals surface area (Å²) in [6.45, 7) is 7.68. The van der Waals surface area contributed by atoms with E-state index in [9.17, 15) is 19.8 Å². The molecule has 0 saturated carbocycles. The van der Waals surface area contributed by atoms with Crippen LogP contribution in [0.5, 0.6) is 17.2 Å². The number of ketones is 1. The van der Waals surface area contributed by atoms with E-state index in [0.29, 0.717) is 23.5 Å². The first-order valence-corrected chi connectivity index (χ1v) is 9.53. The fraction of sp³-hybridized carbons (Fsp3) is 0.167. The van der Waals surface area contributed by atoms with E-state index in [1.807, 2.05) is 0 Å². The number of aliphatic hydroxyl groups is 1. The largest absolute Gasteiger partial charge is 0.507 e. The summed E-state index contributed by atoms with van der Waals surface area (Å²) in [6, 6.07) is 10.1. The third kappa shape index (κ3) is 4.16. The van der Waals surface area contributed by atoms with Crippen LogP contribution in [0.3, 0.4) is 0 Å². The molecular weight excluding hydrogens is 398 g/mol. The van der Waals surface area contributed by atoms with Crippen molar-refractivity contribution in [3.8, 4) is 17.2 Å². The average Bonchev–Trinajstić information content (AvgIpc) is 3.03. The summed E-state index contributed by atoms with van der Waals surface area (Å²) in [7, 11) is 1.40. The molecule has 7 heteroatoms. The third-order valence-electron chi connectivity index (χ3n) is 4.88. The Bertz CT molecular complexity index is 1050. The second-order valence-corrected chi connectivity index (χ2v) is 6.80. The van der Waals surface area contributed by atoms with Gasteiger partial charge < -0.3 is 24.6 Å². The van der Waals surface area contributed by atoms with Crippen molar-refractivity contribution in [1.29, 1.82) is 0 Å². The number of aromatic hydroxyl groups is 1. The van der Waals surface area contributed by atoms with E-state index in [1.165, 1.54) is 30.2 Å². The minimum absolute atomic E-state index is 0.0562. The lowest BCUT2D eigenvalue weighted by molar-refractivity contribution is -0.139. The second-order valence-electron chi connectivity index (χ2n) is 6.80. The van der Waals surface area contributed by atoms with E-state index in [1.54, 1.807) is 36.4 Å². The van der Waals surface area contributed by atoms with Crippen molar-refractivity contribution in [3.05, 3.63) is 84.5 Å². The molecule has 0 unspecified atom stereocenters. The summed E-state index contributed by atoms with van der Waals surface area (Å²) in [6.07, 6.45) is 3.11. The van der Waals surface area contributed by atoms with E-state index in [-0.39, 0.29) is 29.4 Å². The Labute approximate surface area is 180 Å². The van der Waals surface area contributed by atoms with Crippen LogP contribution in [-0.2, 0) is 9.59 Å². The molecule has 0 radical (unpaired) electrons. The Morgan fingerprint density at radius 1 is 1.13 bits per heavy atom. The summed E-state index contributed by atoms with van der Waals surface area (Å²) in [4.78, 5) is 26.9. The van der Waals surface area contributed by atoms with Gasteiger partial charge in [0.1, 0.15) is 18.1 Å². The van der Waals surface area contributed by atoms with Gasteiger partial charge in [0.15, 0.2) is 11.5 Å². The molecule has 0 spiro atoms. The molecule has 1 atom stereocenters. The lowest BCUT2D eigenvalue weighted by Crippen LogP contribution is -2.29. The number of Topliss-reactive ketones (excluding diaryl/α,β-unsaturated/α-hetero) is 1. The number of phenols is 1. The van der Waals surface area contributed by atoms with Gasteiger partial charge in [0.25, 0.3) is 11.7 Å². The van der Waals surface area contributed by atoms with Crippen molar-refractivity contribution in [2.24, 2.45) is 0 Å². The molecule has 2 N–H and O–H groups in total. The fourth-order valence-electron chi connectivity index (χ4n) is 3.44. The maximum absolute atomic E-state index is 12.9. The maximum atomic E-state index is 12.9. The van der Waals surface area contributed by atoms with Crippen LogP contribution < -0.4 is 9.47 Å². The molecule has 1 fully saturated rings. The lowest BCUT2D eigenvalue weighted by atomic mass is 9.95. The van der Waals surface area contributed by atoms with Gasteiger partial charge in [-0.3, -0.25) is 9.59 Å². The van der Waals surface area contributed by atoms with Gasteiger partial charge in [-0.05, 0) is 42.0 Å². The number of amides is 1. The first-order valence-electron chi connectivity index (χ1n) is 9.53. The number of likely N-dealkylation sites (tertiary alicyclic amines) is 1. The average molecular weight is 421 g/mol. The second kappa shape index (κ2) is 9.21. The van der Waals surface area contributed by atoms with Crippen LogP contribution in [0.1, 0.15) is 17.2 Å². The fourth-order valence-corrected chi connectivity index (χ4v) is 3.44. The van der Waals surface area contributed by atoms with Crippen LogP contribution in [0, 0.1) is 0 Å². The molecule has 160 valence electrons. The van der Waals surface area contributed by atoms with Crippen molar-refractivity contribution < 1.29 is 29.3 Å². The van der Waals surface area contributed by atoms with Crippen LogP contribution in [0.25, 0.3) is 5.76 Å². The summed E-state index contributed by atoms with van der Waals surface area (Å²) >= 11 is 0. The number of phenolic OH excluding ortho intramolecular Hbond substituents is 1. The van der Waals surface area contributed by atoms with Crippen LogP contribution in [0.15, 0.2) is 73.3 Å². The molecule has 3 rings (SSSR count). The van der Waals surface area contributed by atoms with Gasteiger partial charge in [0, 0.05) is 12.1 Å². The highest BCUT2D eigenvalue weighted by Crippen LogP contribution is 2.41. The van der Waals surface area contributed by atoms with E-state index >= 15 is 0 Å². The van der Waals surface area contributed by atoms with Crippen molar-refractivity contribution >= 4 is 17.4 Å². The predicted octanol–water partition coefficient (Wildman–Crippen LogP) is 3.57. The standard InChI is InChI=1S/C24H23NO6/c1-4-12-25-21(16-8-11-18(26)19(14-16)30-3)20(23(28)24(25)29)22(27)15-6-9-17(10-7-15)31-13-5-2/h4-11,14,21,26-27H,1-2,12-13H2,3H3/t21-/m1/s1. The van der Waals surface area contributed by atoms with Crippen molar-refractivity contribution in [2.45, 2.75) is 6.04 Å². The first-order chi connectivity index (χ1) is 14.9. The normalized spacial score (nSPS) is 17.5. The van der Waals surface area contributed by atoms with Gasteiger partial charge in [-0.25, -0.2) is 0 Å². The van der Waals surface area contributed by atoms with E-state index in [0.717, 1.165) is 0 Å². The van der Waals surface area contributed by atoms with Crippen molar-refractivity contribution in [3.63, 3.8) is 0 Å². The van der Waals surface area contributed by atoms with Gasteiger partial charge in [-0.15, -0.1) is 6.58 Å². The summed E-state index contributed by atoms with van der Waals surface area (Å²) in [5.74, 6) is -1.18. The summed E-state index contributed by atoms with van der Waals surface area (Å²) in [5, 5.41) is 20.9. The van der Waals surface area contributed by atoms with Crippen LogP contribution in [0.4, 0.5) is 0 Å². The number of nitrogens with zero attached hydrogens (tertiary/aromatic N) is 1. The van der Waals surface area contributed by atoms with Crippen LogP contribution in [0.2, 0.25) is 0 Å². The maximum Gasteiger partial charge on any atom is 0.295 e. The monoisotopic (exact) mass is 421 g/mol. The molecule has 2 aromatic rings. The summed E-state index contributed by atoms with van der Waals surface area (Å²) < 4.78 is 10.6. The van der Waals surface area contributed by atoms with Gasteiger partial charge in [0.2, 0.25) is 0 Å². The van der Waals surface area contributed by atoms with Gasteiger partial charge >= 0.3 is 0 Å². The SMILES string of the molecule is C=CCOc1ccc(C(O)=C2C(=O)C(=O)N(CC=C)[C@@H]2c2ccc(O)c(OC)c2)cc1. The topological polar surface area (TPSA) is 96.3 Å². The van der Waals surface area contributed by atoms with Crippen LogP contribution >= 0.6 is 0 Å². The lowest BCUT2D eigenvalue weighted by Gasteiger charge is -2.24. The van der Waals surface area contributed by atoms with Gasteiger partial charge in [-0.2, -0.15) is 0 Å². The molecule has 1 heterocycles. The zero-order chi connectivity index (χ0) is 22.5. The molecular formula is C24H23NO6. The number of rotatable bonds is 8. The smallest absolute Gasteiger partial charge is 0.295 e. The molecule has 7 nitrogen and oxygen atoms in total. The quantitative estimate of drug-likeness (QED) is 0.293. The predicted molar refractivity (Wildman–Crippen MR) is 116 cm³/mol. The number of ether oxygens (including phenoxy) is 2. The number of hydrogen-bond donors (Lipinski definition) is 2. The molecule has 1 saturated heterocycles. The zero-order valence-corrected chi connectivity index (χ0v) is 17.1. The molecule has 2 aromatic carbocycles. The highest BCUT2D eigenvalue weighted by Gasteiger charge is 2.45.